The highest BCUT2D eigenvalue weighted by Gasteiger charge is 2.05. The maximum atomic E-state index is 13.6. The number of hydrogen-bond donors (Lipinski definition) is 1. The van der Waals surface area contributed by atoms with Crippen LogP contribution in [0.15, 0.2) is 54.7 Å². The van der Waals surface area contributed by atoms with Gasteiger partial charge in [0.25, 0.3) is 0 Å². The van der Waals surface area contributed by atoms with E-state index >= 15 is 0 Å². The smallest absolute Gasteiger partial charge is 0.128 e. The van der Waals surface area contributed by atoms with Gasteiger partial charge >= 0.3 is 0 Å². The summed E-state index contributed by atoms with van der Waals surface area (Å²) in [6.07, 6.45) is 1.79. The lowest BCUT2D eigenvalue weighted by Crippen LogP contribution is -2.02. The Morgan fingerprint density at radius 2 is 1.90 bits per heavy atom. The number of hydrogen-bond acceptors (Lipinski definition) is 2. The number of benzene rings is 2. The molecule has 0 amide bonds. The SMILES string of the molecule is Cc1ccc(NCc2ccccc2F)c2cccnc12. The molecule has 0 aliphatic heterocycles. The Balaban J connectivity index is 1.92. The van der Waals surface area contributed by atoms with Crippen molar-refractivity contribution in [3.05, 3.63) is 71.7 Å². The lowest BCUT2D eigenvalue weighted by atomic mass is 10.1. The van der Waals surface area contributed by atoms with E-state index in [9.17, 15) is 4.39 Å². The fourth-order valence-corrected chi connectivity index (χ4v) is 2.30. The van der Waals surface area contributed by atoms with Crippen LogP contribution in [0.25, 0.3) is 10.9 Å². The zero-order valence-electron chi connectivity index (χ0n) is 11.2. The van der Waals surface area contributed by atoms with Gasteiger partial charge in [-0.05, 0) is 36.8 Å². The first kappa shape index (κ1) is 12.6. The zero-order valence-corrected chi connectivity index (χ0v) is 11.2. The number of nitrogens with one attached hydrogen (secondary N) is 1. The van der Waals surface area contributed by atoms with Gasteiger partial charge in [0.15, 0.2) is 0 Å². The molecule has 0 atom stereocenters. The Morgan fingerprint density at radius 3 is 2.75 bits per heavy atom. The Bertz CT molecular complexity index is 753. The third kappa shape index (κ3) is 2.35. The maximum Gasteiger partial charge on any atom is 0.128 e. The minimum Gasteiger partial charge on any atom is -0.380 e. The Kier molecular flexibility index (Phi) is 3.33. The standard InChI is InChI=1S/C17H15FN2/c1-12-8-9-16(14-6-4-10-19-17(12)14)20-11-13-5-2-3-7-15(13)18/h2-10,20H,11H2,1H3. The molecule has 100 valence electrons. The molecule has 0 unspecified atom stereocenters. The van der Waals surface area contributed by atoms with Crippen LogP contribution in [0.1, 0.15) is 11.1 Å². The van der Waals surface area contributed by atoms with Crippen LogP contribution in [0.5, 0.6) is 0 Å². The van der Waals surface area contributed by atoms with Crippen LogP contribution in [-0.2, 0) is 6.54 Å². The van der Waals surface area contributed by atoms with E-state index in [1.54, 1.807) is 18.3 Å². The third-order valence-corrected chi connectivity index (χ3v) is 3.40. The number of anilines is 1. The quantitative estimate of drug-likeness (QED) is 0.764. The van der Waals surface area contributed by atoms with Gasteiger partial charge in [0.2, 0.25) is 0 Å². The van der Waals surface area contributed by atoms with E-state index in [1.807, 2.05) is 37.3 Å². The molecule has 1 N–H and O–H groups in total. The first-order valence-electron chi connectivity index (χ1n) is 6.57. The fraction of sp³-hybridized carbons (Fsp3) is 0.118. The van der Waals surface area contributed by atoms with Gasteiger partial charge in [0.05, 0.1) is 5.52 Å². The first-order valence-corrected chi connectivity index (χ1v) is 6.57. The number of pyridine rings is 1. The number of rotatable bonds is 3. The molecule has 3 heteroatoms. The van der Waals surface area contributed by atoms with Crippen molar-refractivity contribution in [3.8, 4) is 0 Å². The van der Waals surface area contributed by atoms with Gasteiger partial charge in [0.1, 0.15) is 5.82 Å². The van der Waals surface area contributed by atoms with E-state index in [0.29, 0.717) is 12.1 Å². The molecule has 0 spiro atoms. The van der Waals surface area contributed by atoms with E-state index in [2.05, 4.69) is 10.3 Å². The van der Waals surface area contributed by atoms with Gasteiger partial charge in [-0.25, -0.2) is 4.39 Å². The lowest BCUT2D eigenvalue weighted by Gasteiger charge is -2.11. The highest BCUT2D eigenvalue weighted by molar-refractivity contribution is 5.93. The minimum atomic E-state index is -0.186. The first-order chi connectivity index (χ1) is 9.75. The number of fused-ring (bicyclic) bond motifs is 1. The topological polar surface area (TPSA) is 24.9 Å². The molecular weight excluding hydrogens is 251 g/mol. The highest BCUT2D eigenvalue weighted by Crippen LogP contribution is 2.25. The normalized spacial score (nSPS) is 10.7. The zero-order chi connectivity index (χ0) is 13.9. The molecular formula is C17H15FN2. The van der Waals surface area contributed by atoms with Crippen molar-refractivity contribution in [3.63, 3.8) is 0 Å². The summed E-state index contributed by atoms with van der Waals surface area (Å²) in [5, 5.41) is 4.35. The van der Waals surface area contributed by atoms with Crippen LogP contribution in [0.3, 0.4) is 0 Å². The molecule has 3 rings (SSSR count). The monoisotopic (exact) mass is 266 g/mol. The molecule has 2 nitrogen and oxygen atoms in total. The summed E-state index contributed by atoms with van der Waals surface area (Å²) >= 11 is 0. The predicted octanol–water partition coefficient (Wildman–Crippen LogP) is 4.29. The molecule has 0 bridgehead atoms. The van der Waals surface area contributed by atoms with E-state index in [-0.39, 0.29) is 5.82 Å². The van der Waals surface area contributed by atoms with E-state index in [4.69, 9.17) is 0 Å². The lowest BCUT2D eigenvalue weighted by molar-refractivity contribution is 0.613. The van der Waals surface area contributed by atoms with Crippen molar-refractivity contribution < 1.29 is 4.39 Å². The third-order valence-electron chi connectivity index (χ3n) is 3.40. The van der Waals surface area contributed by atoms with Crippen LogP contribution in [0.4, 0.5) is 10.1 Å². The molecule has 0 saturated heterocycles. The Labute approximate surface area is 117 Å². The molecule has 0 aliphatic carbocycles. The van der Waals surface area contributed by atoms with Crippen LogP contribution in [0, 0.1) is 12.7 Å². The molecule has 0 fully saturated rings. The summed E-state index contributed by atoms with van der Waals surface area (Å²) in [6.45, 7) is 2.50. The molecule has 0 radical (unpaired) electrons. The number of aromatic nitrogens is 1. The highest BCUT2D eigenvalue weighted by atomic mass is 19.1. The largest absolute Gasteiger partial charge is 0.380 e. The molecule has 0 saturated carbocycles. The van der Waals surface area contributed by atoms with Crippen molar-refractivity contribution in [1.29, 1.82) is 0 Å². The number of halogens is 1. The van der Waals surface area contributed by atoms with Crippen molar-refractivity contribution in [2.75, 3.05) is 5.32 Å². The number of aryl methyl sites for hydroxylation is 1. The van der Waals surface area contributed by atoms with Crippen molar-refractivity contribution >= 4 is 16.6 Å². The minimum absolute atomic E-state index is 0.186. The van der Waals surface area contributed by atoms with Gasteiger partial charge in [-0.2, -0.15) is 0 Å². The van der Waals surface area contributed by atoms with Gasteiger partial charge < -0.3 is 5.32 Å². The van der Waals surface area contributed by atoms with Gasteiger partial charge in [-0.15, -0.1) is 0 Å². The molecule has 0 aliphatic rings. The average molecular weight is 266 g/mol. The average Bonchev–Trinajstić information content (AvgIpc) is 2.48. The van der Waals surface area contributed by atoms with Crippen molar-refractivity contribution in [2.45, 2.75) is 13.5 Å². The van der Waals surface area contributed by atoms with E-state index in [0.717, 1.165) is 22.2 Å². The molecule has 20 heavy (non-hydrogen) atoms. The predicted molar refractivity (Wildman–Crippen MR) is 80.2 cm³/mol. The summed E-state index contributed by atoms with van der Waals surface area (Å²) < 4.78 is 13.6. The van der Waals surface area contributed by atoms with Crippen molar-refractivity contribution in [1.82, 2.24) is 4.98 Å². The van der Waals surface area contributed by atoms with Gasteiger partial charge in [0, 0.05) is 29.4 Å². The van der Waals surface area contributed by atoms with Crippen molar-refractivity contribution in [2.24, 2.45) is 0 Å². The summed E-state index contributed by atoms with van der Waals surface area (Å²) in [4.78, 5) is 4.40. The Hall–Kier alpha value is -2.42. The molecule has 1 aromatic heterocycles. The summed E-state index contributed by atoms with van der Waals surface area (Å²) in [6, 6.07) is 14.8. The second-order valence-corrected chi connectivity index (χ2v) is 4.77. The maximum absolute atomic E-state index is 13.6. The molecule has 1 heterocycles. The van der Waals surface area contributed by atoms with Gasteiger partial charge in [-0.1, -0.05) is 24.3 Å². The second-order valence-electron chi connectivity index (χ2n) is 4.77. The van der Waals surface area contributed by atoms with Crippen LogP contribution < -0.4 is 5.32 Å². The van der Waals surface area contributed by atoms with Crippen LogP contribution >= 0.6 is 0 Å². The van der Waals surface area contributed by atoms with E-state index in [1.165, 1.54) is 6.07 Å². The van der Waals surface area contributed by atoms with Gasteiger partial charge in [-0.3, -0.25) is 4.98 Å². The van der Waals surface area contributed by atoms with Crippen LogP contribution in [-0.4, -0.2) is 4.98 Å². The molecule has 2 aromatic carbocycles. The second kappa shape index (κ2) is 5.29. The summed E-state index contributed by atoms with van der Waals surface area (Å²) in [7, 11) is 0. The summed E-state index contributed by atoms with van der Waals surface area (Å²) in [5.41, 5.74) is 3.75. The molecule has 3 aromatic rings. The van der Waals surface area contributed by atoms with Crippen LogP contribution in [0.2, 0.25) is 0 Å². The van der Waals surface area contributed by atoms with E-state index < -0.39 is 0 Å². The summed E-state index contributed by atoms with van der Waals surface area (Å²) in [5.74, 6) is -0.186. The fourth-order valence-electron chi connectivity index (χ4n) is 2.30. The Morgan fingerprint density at radius 1 is 1.05 bits per heavy atom. The number of nitrogens with zero attached hydrogens (tertiary/aromatic N) is 1.